The number of hydrogen-bond donors (Lipinski definition) is 2. The maximum atomic E-state index is 11.5. The van der Waals surface area contributed by atoms with E-state index in [9.17, 15) is 4.79 Å². The van der Waals surface area contributed by atoms with Gasteiger partial charge in [-0.05, 0) is 30.3 Å². The van der Waals surface area contributed by atoms with Gasteiger partial charge in [0.25, 0.3) is 0 Å². The standard InChI is InChI=1S/C11H13ClN4OS/c1-2-16-10(17)14-15-11(16)18-9-7(6-13)4-3-5-8(9)12/h3-5H,2,6,13H2,1H3,(H,14,17). The summed E-state index contributed by atoms with van der Waals surface area (Å²) in [7, 11) is 0. The average molecular weight is 285 g/mol. The number of H-pyrrole nitrogens is 1. The molecule has 1 aromatic heterocycles. The molecule has 3 N–H and O–H groups in total. The van der Waals surface area contributed by atoms with E-state index in [0.717, 1.165) is 10.5 Å². The Balaban J connectivity index is 2.42. The molecule has 0 aliphatic heterocycles. The van der Waals surface area contributed by atoms with Crippen LogP contribution in [-0.2, 0) is 13.1 Å². The zero-order valence-electron chi connectivity index (χ0n) is 9.81. The lowest BCUT2D eigenvalue weighted by molar-refractivity contribution is 0.660. The van der Waals surface area contributed by atoms with Crippen LogP contribution in [0.4, 0.5) is 0 Å². The van der Waals surface area contributed by atoms with Gasteiger partial charge in [-0.3, -0.25) is 4.57 Å². The summed E-state index contributed by atoms with van der Waals surface area (Å²) in [6, 6.07) is 5.56. The fourth-order valence-corrected chi connectivity index (χ4v) is 2.93. The molecule has 96 valence electrons. The Labute approximate surface area is 113 Å². The van der Waals surface area contributed by atoms with Gasteiger partial charge in [0.1, 0.15) is 0 Å². The van der Waals surface area contributed by atoms with E-state index in [2.05, 4.69) is 10.2 Å². The molecule has 0 saturated heterocycles. The number of nitrogens with two attached hydrogens (primary N) is 1. The summed E-state index contributed by atoms with van der Waals surface area (Å²) in [4.78, 5) is 12.3. The lowest BCUT2D eigenvalue weighted by atomic mass is 10.2. The quantitative estimate of drug-likeness (QED) is 0.898. The summed E-state index contributed by atoms with van der Waals surface area (Å²) in [6.07, 6.45) is 0. The Hall–Kier alpha value is -1.24. The van der Waals surface area contributed by atoms with E-state index in [1.54, 1.807) is 10.6 Å². The molecule has 2 rings (SSSR count). The first-order valence-electron chi connectivity index (χ1n) is 5.47. The highest BCUT2D eigenvalue weighted by Gasteiger charge is 2.13. The van der Waals surface area contributed by atoms with E-state index in [-0.39, 0.29) is 5.69 Å². The van der Waals surface area contributed by atoms with E-state index in [4.69, 9.17) is 17.3 Å². The van der Waals surface area contributed by atoms with Crippen LogP contribution in [0.2, 0.25) is 5.02 Å². The Morgan fingerprint density at radius 3 is 3.00 bits per heavy atom. The van der Waals surface area contributed by atoms with Gasteiger partial charge in [-0.1, -0.05) is 23.7 Å². The molecule has 0 radical (unpaired) electrons. The largest absolute Gasteiger partial charge is 0.343 e. The number of hydrogen-bond acceptors (Lipinski definition) is 4. The van der Waals surface area contributed by atoms with Gasteiger partial charge in [0.15, 0.2) is 5.16 Å². The van der Waals surface area contributed by atoms with E-state index >= 15 is 0 Å². The smallest absolute Gasteiger partial charge is 0.326 e. The highest BCUT2D eigenvalue weighted by Crippen LogP contribution is 2.34. The van der Waals surface area contributed by atoms with Crippen LogP contribution in [0, 0.1) is 0 Å². The fraction of sp³-hybridized carbons (Fsp3) is 0.273. The minimum atomic E-state index is -0.221. The van der Waals surface area contributed by atoms with E-state index in [1.165, 1.54) is 11.8 Å². The summed E-state index contributed by atoms with van der Waals surface area (Å²) < 4.78 is 1.55. The van der Waals surface area contributed by atoms with Crippen molar-refractivity contribution in [3.8, 4) is 0 Å². The first-order chi connectivity index (χ1) is 8.67. The first kappa shape index (κ1) is 13.2. The second-order valence-electron chi connectivity index (χ2n) is 3.59. The lowest BCUT2D eigenvalue weighted by Crippen LogP contribution is -2.16. The molecule has 0 spiro atoms. The molecule has 0 aliphatic carbocycles. The molecule has 7 heteroatoms. The van der Waals surface area contributed by atoms with Crippen molar-refractivity contribution < 1.29 is 0 Å². The highest BCUT2D eigenvalue weighted by atomic mass is 35.5. The minimum Gasteiger partial charge on any atom is -0.326 e. The number of halogens is 1. The molecule has 18 heavy (non-hydrogen) atoms. The van der Waals surface area contributed by atoms with E-state index < -0.39 is 0 Å². The van der Waals surface area contributed by atoms with E-state index in [0.29, 0.717) is 23.3 Å². The molecule has 2 aromatic rings. The van der Waals surface area contributed by atoms with E-state index in [1.807, 2.05) is 19.1 Å². The van der Waals surface area contributed by atoms with Gasteiger partial charge < -0.3 is 5.73 Å². The summed E-state index contributed by atoms with van der Waals surface area (Å²) in [6.45, 7) is 2.83. The first-order valence-corrected chi connectivity index (χ1v) is 6.67. The second-order valence-corrected chi connectivity index (χ2v) is 4.97. The topological polar surface area (TPSA) is 76.7 Å². The van der Waals surface area contributed by atoms with Crippen molar-refractivity contribution >= 4 is 23.4 Å². The normalized spacial score (nSPS) is 10.8. The third-order valence-corrected chi connectivity index (χ3v) is 4.11. The molecule has 0 aliphatic rings. The third kappa shape index (κ3) is 2.45. The van der Waals surface area contributed by atoms with Crippen LogP contribution < -0.4 is 11.4 Å². The predicted molar refractivity (Wildman–Crippen MR) is 72.0 cm³/mol. The van der Waals surface area contributed by atoms with Crippen LogP contribution in [0.1, 0.15) is 12.5 Å². The van der Waals surface area contributed by atoms with Crippen LogP contribution in [0.5, 0.6) is 0 Å². The SMILES string of the molecule is CCn1c(Sc2c(Cl)cccc2CN)n[nH]c1=O. The van der Waals surface area contributed by atoms with Gasteiger partial charge >= 0.3 is 5.69 Å². The Kier molecular flexibility index (Phi) is 4.11. The molecule has 0 bridgehead atoms. The van der Waals surface area contributed by atoms with Gasteiger partial charge in [0, 0.05) is 18.0 Å². The minimum absolute atomic E-state index is 0.221. The number of aromatic amines is 1. The maximum Gasteiger partial charge on any atom is 0.343 e. The van der Waals surface area contributed by atoms with Crippen molar-refractivity contribution in [1.82, 2.24) is 14.8 Å². The maximum absolute atomic E-state index is 11.5. The third-order valence-electron chi connectivity index (χ3n) is 2.50. The van der Waals surface area contributed by atoms with Crippen molar-refractivity contribution in [2.45, 2.75) is 30.1 Å². The van der Waals surface area contributed by atoms with Gasteiger partial charge in [0.2, 0.25) is 0 Å². The second kappa shape index (κ2) is 5.60. The number of benzene rings is 1. The fourth-order valence-electron chi connectivity index (χ4n) is 1.58. The number of aromatic nitrogens is 3. The Bertz CT molecular complexity index is 607. The summed E-state index contributed by atoms with van der Waals surface area (Å²) in [5.74, 6) is 0. The molecule has 5 nitrogen and oxygen atoms in total. The summed E-state index contributed by atoms with van der Waals surface area (Å²) in [5.41, 5.74) is 6.39. The Morgan fingerprint density at radius 2 is 2.33 bits per heavy atom. The average Bonchev–Trinajstić information content (AvgIpc) is 2.72. The van der Waals surface area contributed by atoms with Crippen molar-refractivity contribution in [1.29, 1.82) is 0 Å². The van der Waals surface area contributed by atoms with Crippen LogP contribution >= 0.6 is 23.4 Å². The highest BCUT2D eigenvalue weighted by molar-refractivity contribution is 7.99. The van der Waals surface area contributed by atoms with Crippen LogP contribution in [0.25, 0.3) is 0 Å². The predicted octanol–water partition coefficient (Wildman–Crippen LogP) is 1.85. The molecule has 1 heterocycles. The molecule has 0 saturated carbocycles. The number of rotatable bonds is 4. The monoisotopic (exact) mass is 284 g/mol. The number of nitrogens with zero attached hydrogens (tertiary/aromatic N) is 2. The molecular formula is C11H13ClN4OS. The van der Waals surface area contributed by atoms with Crippen LogP contribution in [0.3, 0.4) is 0 Å². The zero-order valence-corrected chi connectivity index (χ0v) is 11.4. The van der Waals surface area contributed by atoms with Crippen LogP contribution in [0.15, 0.2) is 33.0 Å². The van der Waals surface area contributed by atoms with Crippen LogP contribution in [-0.4, -0.2) is 14.8 Å². The van der Waals surface area contributed by atoms with Gasteiger partial charge in [-0.25, -0.2) is 9.89 Å². The van der Waals surface area contributed by atoms with Crippen molar-refractivity contribution in [3.05, 3.63) is 39.3 Å². The Morgan fingerprint density at radius 1 is 1.56 bits per heavy atom. The molecule has 0 fully saturated rings. The molecule has 1 aromatic carbocycles. The van der Waals surface area contributed by atoms with Gasteiger partial charge in [0.05, 0.1) is 5.02 Å². The lowest BCUT2D eigenvalue weighted by Gasteiger charge is -2.08. The summed E-state index contributed by atoms with van der Waals surface area (Å²) in [5, 5.41) is 7.62. The van der Waals surface area contributed by atoms with Gasteiger partial charge in [-0.2, -0.15) is 0 Å². The van der Waals surface area contributed by atoms with Crippen molar-refractivity contribution in [3.63, 3.8) is 0 Å². The molecule has 0 unspecified atom stereocenters. The number of nitrogens with one attached hydrogen (secondary N) is 1. The summed E-state index contributed by atoms with van der Waals surface area (Å²) >= 11 is 7.50. The zero-order chi connectivity index (χ0) is 13.1. The van der Waals surface area contributed by atoms with Crippen molar-refractivity contribution in [2.75, 3.05) is 0 Å². The molecule has 0 atom stereocenters. The molecular weight excluding hydrogens is 272 g/mol. The van der Waals surface area contributed by atoms with Gasteiger partial charge in [-0.15, -0.1) is 5.10 Å². The molecule has 0 amide bonds. The van der Waals surface area contributed by atoms with Crippen molar-refractivity contribution in [2.24, 2.45) is 5.73 Å².